The first kappa shape index (κ1) is 16.8. The highest BCUT2D eigenvalue weighted by Gasteiger charge is 2.32. The molecule has 6 nitrogen and oxygen atoms in total. The fourth-order valence-electron chi connectivity index (χ4n) is 3.89. The Morgan fingerprint density at radius 1 is 1.35 bits per heavy atom. The van der Waals surface area contributed by atoms with Crippen LogP contribution in [0.25, 0.3) is 0 Å². The molecule has 0 aromatic carbocycles. The van der Waals surface area contributed by atoms with Crippen molar-refractivity contribution < 1.29 is 4.79 Å². The molecule has 26 heavy (non-hydrogen) atoms. The molecular formula is C20H25N5O. The lowest BCUT2D eigenvalue weighted by Crippen LogP contribution is -2.37. The van der Waals surface area contributed by atoms with Crippen molar-refractivity contribution in [1.29, 1.82) is 0 Å². The van der Waals surface area contributed by atoms with Crippen molar-refractivity contribution in [2.75, 3.05) is 30.4 Å². The zero-order valence-corrected chi connectivity index (χ0v) is 15.6. The third-order valence-corrected chi connectivity index (χ3v) is 5.31. The fraction of sp³-hybridized carbons (Fsp3) is 0.450. The van der Waals surface area contributed by atoms with Gasteiger partial charge in [0, 0.05) is 44.1 Å². The summed E-state index contributed by atoms with van der Waals surface area (Å²) in [5, 5.41) is 3.40. The van der Waals surface area contributed by atoms with Gasteiger partial charge in [0.25, 0.3) is 5.91 Å². The molecule has 0 radical (unpaired) electrons. The lowest BCUT2D eigenvalue weighted by molar-refractivity contribution is 0.0790. The standard InChI is InChI=1S/C20H25N5O/c1-20(2)11-14-10-15(12-22-18(14)23-20)19(26)25-9-7-16(13-25)24(3)17-6-4-5-8-21-17/h4-6,8,10,12,16H,7,9,11,13H2,1-3H3,(H,22,23)/t16-/m0/s1. The molecule has 4 heterocycles. The molecule has 1 atom stereocenters. The zero-order chi connectivity index (χ0) is 18.3. The number of carbonyl (C=O) groups is 1. The van der Waals surface area contributed by atoms with Crippen molar-refractivity contribution in [2.45, 2.75) is 38.3 Å². The summed E-state index contributed by atoms with van der Waals surface area (Å²) in [5.41, 5.74) is 1.81. The highest BCUT2D eigenvalue weighted by molar-refractivity contribution is 5.94. The molecule has 4 rings (SSSR count). The fourth-order valence-corrected chi connectivity index (χ4v) is 3.89. The van der Waals surface area contributed by atoms with E-state index in [1.807, 2.05) is 36.2 Å². The van der Waals surface area contributed by atoms with Crippen LogP contribution in [0.4, 0.5) is 11.6 Å². The van der Waals surface area contributed by atoms with Gasteiger partial charge in [0.15, 0.2) is 0 Å². The first-order chi connectivity index (χ1) is 12.4. The monoisotopic (exact) mass is 351 g/mol. The van der Waals surface area contributed by atoms with Crippen molar-refractivity contribution in [1.82, 2.24) is 14.9 Å². The molecule has 0 saturated carbocycles. The number of carbonyl (C=O) groups excluding carboxylic acids is 1. The molecule has 2 aliphatic heterocycles. The van der Waals surface area contributed by atoms with Gasteiger partial charge in [-0.05, 0) is 50.5 Å². The molecule has 0 aliphatic carbocycles. The lowest BCUT2D eigenvalue weighted by atomic mass is 10.00. The van der Waals surface area contributed by atoms with Gasteiger partial charge < -0.3 is 15.1 Å². The number of amides is 1. The van der Waals surface area contributed by atoms with Crippen LogP contribution in [0.5, 0.6) is 0 Å². The smallest absolute Gasteiger partial charge is 0.255 e. The number of likely N-dealkylation sites (N-methyl/N-ethyl adjacent to an activating group) is 1. The number of pyridine rings is 2. The Bertz CT molecular complexity index is 820. The van der Waals surface area contributed by atoms with E-state index in [-0.39, 0.29) is 17.5 Å². The molecule has 0 bridgehead atoms. The quantitative estimate of drug-likeness (QED) is 0.921. The third-order valence-electron chi connectivity index (χ3n) is 5.31. The molecule has 2 aromatic heterocycles. The van der Waals surface area contributed by atoms with Crippen LogP contribution in [-0.4, -0.2) is 52.5 Å². The van der Waals surface area contributed by atoms with Crippen LogP contribution < -0.4 is 10.2 Å². The highest BCUT2D eigenvalue weighted by Crippen LogP contribution is 2.31. The van der Waals surface area contributed by atoms with Crippen LogP contribution in [0.15, 0.2) is 36.7 Å². The Hall–Kier alpha value is -2.63. The van der Waals surface area contributed by atoms with Gasteiger partial charge >= 0.3 is 0 Å². The van der Waals surface area contributed by atoms with E-state index in [0.29, 0.717) is 12.1 Å². The molecule has 1 fully saturated rings. The predicted molar refractivity (Wildman–Crippen MR) is 103 cm³/mol. The van der Waals surface area contributed by atoms with Gasteiger partial charge in [-0.1, -0.05) is 6.07 Å². The molecule has 136 valence electrons. The van der Waals surface area contributed by atoms with Crippen LogP contribution in [0.1, 0.15) is 36.2 Å². The molecule has 1 saturated heterocycles. The van der Waals surface area contributed by atoms with Crippen molar-refractivity contribution in [2.24, 2.45) is 0 Å². The zero-order valence-electron chi connectivity index (χ0n) is 15.6. The van der Waals surface area contributed by atoms with Gasteiger partial charge in [0.05, 0.1) is 5.56 Å². The summed E-state index contributed by atoms with van der Waals surface area (Å²) in [4.78, 5) is 25.9. The molecule has 1 N–H and O–H groups in total. The molecule has 0 spiro atoms. The van der Waals surface area contributed by atoms with Crippen LogP contribution in [-0.2, 0) is 6.42 Å². The number of nitrogens with zero attached hydrogens (tertiary/aromatic N) is 4. The number of nitrogens with one attached hydrogen (secondary N) is 1. The van der Waals surface area contributed by atoms with Gasteiger partial charge in [-0.15, -0.1) is 0 Å². The third kappa shape index (κ3) is 3.11. The Morgan fingerprint density at radius 3 is 2.96 bits per heavy atom. The highest BCUT2D eigenvalue weighted by atomic mass is 16.2. The summed E-state index contributed by atoms with van der Waals surface area (Å²) in [6.45, 7) is 5.78. The largest absolute Gasteiger partial charge is 0.365 e. The molecule has 6 heteroatoms. The summed E-state index contributed by atoms with van der Waals surface area (Å²) < 4.78 is 0. The van der Waals surface area contributed by atoms with Crippen molar-refractivity contribution in [3.8, 4) is 0 Å². The Kier molecular flexibility index (Phi) is 4.05. The maximum Gasteiger partial charge on any atom is 0.255 e. The molecule has 2 aliphatic rings. The normalized spacial score (nSPS) is 20.6. The van der Waals surface area contributed by atoms with Crippen molar-refractivity contribution in [3.63, 3.8) is 0 Å². The van der Waals surface area contributed by atoms with Crippen molar-refractivity contribution in [3.05, 3.63) is 47.8 Å². The maximum absolute atomic E-state index is 12.9. The lowest BCUT2D eigenvalue weighted by Gasteiger charge is -2.25. The predicted octanol–water partition coefficient (Wildman–Crippen LogP) is 2.57. The number of hydrogen-bond acceptors (Lipinski definition) is 5. The summed E-state index contributed by atoms with van der Waals surface area (Å²) in [5.74, 6) is 1.92. The van der Waals surface area contributed by atoms with E-state index >= 15 is 0 Å². The van der Waals surface area contributed by atoms with Crippen LogP contribution in [0, 0.1) is 0 Å². The topological polar surface area (TPSA) is 61.4 Å². The van der Waals surface area contributed by atoms with E-state index in [1.54, 1.807) is 12.4 Å². The minimum atomic E-state index is 0.00113. The van der Waals surface area contributed by atoms with Crippen molar-refractivity contribution >= 4 is 17.5 Å². The van der Waals surface area contributed by atoms with Crippen LogP contribution >= 0.6 is 0 Å². The number of anilines is 2. The number of fused-ring (bicyclic) bond motifs is 1. The number of rotatable bonds is 3. The van der Waals surface area contributed by atoms with Gasteiger partial charge in [0.2, 0.25) is 0 Å². The molecule has 1 amide bonds. The SMILES string of the molecule is CN(c1ccccn1)[C@H]1CCN(C(=O)c2cnc3c(c2)CC(C)(C)N3)C1. The second-order valence-electron chi connectivity index (χ2n) is 7.91. The number of hydrogen-bond donors (Lipinski definition) is 1. The van der Waals surface area contributed by atoms with E-state index in [1.165, 1.54) is 0 Å². The summed E-state index contributed by atoms with van der Waals surface area (Å²) >= 11 is 0. The first-order valence-corrected chi connectivity index (χ1v) is 9.13. The summed E-state index contributed by atoms with van der Waals surface area (Å²) in [6.07, 6.45) is 5.34. The Labute approximate surface area is 154 Å². The van der Waals surface area contributed by atoms with E-state index in [0.717, 1.165) is 36.6 Å². The number of likely N-dealkylation sites (tertiary alicyclic amines) is 1. The molecule has 2 aromatic rings. The van der Waals surface area contributed by atoms with E-state index < -0.39 is 0 Å². The van der Waals surface area contributed by atoms with E-state index in [2.05, 4.69) is 34.0 Å². The Balaban J connectivity index is 1.46. The molecular weight excluding hydrogens is 326 g/mol. The summed E-state index contributed by atoms with van der Waals surface area (Å²) in [6, 6.07) is 8.20. The maximum atomic E-state index is 12.9. The van der Waals surface area contributed by atoms with E-state index in [4.69, 9.17) is 0 Å². The number of aromatic nitrogens is 2. The van der Waals surface area contributed by atoms with Gasteiger partial charge in [-0.3, -0.25) is 4.79 Å². The van der Waals surface area contributed by atoms with Gasteiger partial charge in [-0.2, -0.15) is 0 Å². The average molecular weight is 351 g/mol. The minimum Gasteiger partial charge on any atom is -0.365 e. The average Bonchev–Trinajstić information content (AvgIpc) is 3.23. The second-order valence-corrected chi connectivity index (χ2v) is 7.91. The minimum absolute atomic E-state index is 0.00113. The Morgan fingerprint density at radius 2 is 2.19 bits per heavy atom. The van der Waals surface area contributed by atoms with Crippen LogP contribution in [0.2, 0.25) is 0 Å². The van der Waals surface area contributed by atoms with Gasteiger partial charge in [0.1, 0.15) is 11.6 Å². The molecule has 0 unspecified atom stereocenters. The van der Waals surface area contributed by atoms with Gasteiger partial charge in [-0.25, -0.2) is 9.97 Å². The first-order valence-electron chi connectivity index (χ1n) is 9.13. The second kappa shape index (κ2) is 6.27. The summed E-state index contributed by atoms with van der Waals surface area (Å²) in [7, 11) is 2.05. The van der Waals surface area contributed by atoms with Crippen LogP contribution in [0.3, 0.4) is 0 Å². The van der Waals surface area contributed by atoms with E-state index in [9.17, 15) is 4.79 Å².